The molecule has 84 heavy (non-hydrogen) atoms. The lowest BCUT2D eigenvalue weighted by atomic mass is 10.00. The van der Waals surface area contributed by atoms with Crippen molar-refractivity contribution in [3.63, 3.8) is 0 Å². The predicted molar refractivity (Wildman–Crippen MR) is 319 cm³/mol. The van der Waals surface area contributed by atoms with E-state index in [0.29, 0.717) is 118 Å². The molecule has 3 N–H and O–H groups in total. The number of carbonyl (C=O) groups excluding carboxylic acids is 4. The minimum Gasteiger partial charge on any atom is -0.482 e. The summed E-state index contributed by atoms with van der Waals surface area (Å²) in [6, 6.07) is 34.3. The topological polar surface area (TPSA) is 237 Å². The number of nitrogens with zero attached hydrogens (tertiary/aromatic N) is 2. The molecule has 2 aliphatic heterocycles. The Morgan fingerprint density at radius 2 is 0.714 bits per heavy atom. The number of carbonyl (C=O) groups is 5. The highest BCUT2D eigenvalue weighted by molar-refractivity contribution is 6.01. The van der Waals surface area contributed by atoms with Crippen molar-refractivity contribution >= 4 is 76.2 Å². The quantitative estimate of drug-likeness (QED) is 0.0422. The zero-order valence-corrected chi connectivity index (χ0v) is 47.8. The number of rotatable bonds is 22. The average molecular weight is 1140 g/mol. The van der Waals surface area contributed by atoms with Gasteiger partial charge in [0.1, 0.15) is 23.0 Å². The smallest absolute Gasteiger partial charge is 0.344 e. The van der Waals surface area contributed by atoms with Crippen LogP contribution in [0.1, 0.15) is 83.7 Å². The second kappa shape index (κ2) is 26.3. The van der Waals surface area contributed by atoms with Crippen molar-refractivity contribution in [1.29, 1.82) is 0 Å². The summed E-state index contributed by atoms with van der Waals surface area (Å²) in [6.45, 7) is 12.7. The molecule has 0 aliphatic carbocycles. The fourth-order valence-corrected chi connectivity index (χ4v) is 9.59. The molecule has 18 nitrogen and oxygen atoms in total. The van der Waals surface area contributed by atoms with Crippen molar-refractivity contribution in [2.75, 3.05) is 26.4 Å². The molecule has 432 valence electrons. The second-order valence-electron chi connectivity index (χ2n) is 20.8. The van der Waals surface area contributed by atoms with Crippen molar-refractivity contribution in [3.05, 3.63) is 144 Å². The number of ether oxygens (including phenoxy) is 8. The molecule has 7 aromatic rings. The Morgan fingerprint density at radius 3 is 1.04 bits per heavy atom. The molecule has 0 fully saturated rings. The first-order valence-electron chi connectivity index (χ1n) is 27.5. The Hall–Kier alpha value is -9.97. The minimum absolute atomic E-state index is 0.327. The molecule has 9 rings (SSSR count). The van der Waals surface area contributed by atoms with Gasteiger partial charge >= 0.3 is 29.8 Å². The Bertz CT molecular complexity index is 3890. The van der Waals surface area contributed by atoms with Crippen LogP contribution < -0.4 is 18.9 Å². The van der Waals surface area contributed by atoms with Crippen LogP contribution in [0.5, 0.6) is 23.0 Å². The number of hydrogen-bond donors (Lipinski definition) is 3. The molecule has 0 atom stereocenters. The summed E-state index contributed by atoms with van der Waals surface area (Å²) in [5.74, 6) is -1.81. The van der Waals surface area contributed by atoms with E-state index in [4.69, 9.17) is 47.9 Å². The molecule has 0 amide bonds. The summed E-state index contributed by atoms with van der Waals surface area (Å²) in [6.07, 6.45) is 5.63. The van der Waals surface area contributed by atoms with Crippen LogP contribution in [0.3, 0.4) is 0 Å². The number of aromatic nitrogens is 4. The van der Waals surface area contributed by atoms with E-state index in [1.54, 1.807) is 116 Å². The Labute approximate surface area is 485 Å². The maximum Gasteiger partial charge on any atom is 0.344 e. The van der Waals surface area contributed by atoms with Gasteiger partial charge in [-0.25, -0.2) is 29.1 Å². The second-order valence-corrected chi connectivity index (χ2v) is 20.8. The molecule has 3 aromatic heterocycles. The summed E-state index contributed by atoms with van der Waals surface area (Å²) < 4.78 is 45.5. The lowest BCUT2D eigenvalue weighted by Crippen LogP contribution is -2.18. The van der Waals surface area contributed by atoms with Gasteiger partial charge in [-0.2, -0.15) is 0 Å². The van der Waals surface area contributed by atoms with Gasteiger partial charge in [0.15, 0.2) is 26.4 Å². The van der Waals surface area contributed by atoms with Gasteiger partial charge in [-0.05, 0) is 174 Å². The van der Waals surface area contributed by atoms with Gasteiger partial charge in [-0.3, -0.25) is 4.79 Å². The molecule has 8 bridgehead atoms. The van der Waals surface area contributed by atoms with Crippen molar-refractivity contribution in [2.24, 2.45) is 0 Å². The van der Waals surface area contributed by atoms with Gasteiger partial charge in [-0.15, -0.1) is 0 Å². The highest BCUT2D eigenvalue weighted by Crippen LogP contribution is 2.41. The Balaban J connectivity index is 1.37. The van der Waals surface area contributed by atoms with Crippen LogP contribution in [-0.2, 0) is 49.3 Å². The molecular formula is C66H64N4O14. The van der Waals surface area contributed by atoms with E-state index < -0.39 is 36.3 Å². The molecule has 0 saturated heterocycles. The van der Waals surface area contributed by atoms with E-state index in [0.717, 1.165) is 0 Å². The number of esters is 4. The molecule has 2 aliphatic rings. The van der Waals surface area contributed by atoms with Gasteiger partial charge in [0.05, 0.1) is 59.1 Å². The van der Waals surface area contributed by atoms with Crippen LogP contribution in [0.25, 0.3) is 90.9 Å². The molecule has 18 heteroatoms. The summed E-state index contributed by atoms with van der Waals surface area (Å²) in [5, 5.41) is 10.7. The van der Waals surface area contributed by atoms with Crippen molar-refractivity contribution in [1.82, 2.24) is 19.9 Å². The maximum absolute atomic E-state index is 13.1. The largest absolute Gasteiger partial charge is 0.482 e. The maximum atomic E-state index is 13.1. The van der Waals surface area contributed by atoms with E-state index in [9.17, 15) is 29.1 Å². The third-order valence-electron chi connectivity index (χ3n) is 12.7. The van der Waals surface area contributed by atoms with Gasteiger partial charge in [0, 0.05) is 38.8 Å². The van der Waals surface area contributed by atoms with E-state index in [1.807, 2.05) is 78.9 Å². The average Bonchev–Trinajstić information content (AvgIpc) is 2.49. The molecular weight excluding hydrogens is 1070 g/mol. The van der Waals surface area contributed by atoms with Crippen LogP contribution in [0.2, 0.25) is 0 Å². The number of nitrogens with one attached hydrogen (secondary N) is 2. The van der Waals surface area contributed by atoms with Crippen LogP contribution in [0.15, 0.2) is 115 Å². The van der Waals surface area contributed by atoms with Crippen molar-refractivity contribution in [2.45, 2.75) is 86.2 Å². The lowest BCUT2D eigenvalue weighted by Gasteiger charge is -2.12. The zero-order valence-electron chi connectivity index (χ0n) is 47.8. The third kappa shape index (κ3) is 14.7. The lowest BCUT2D eigenvalue weighted by molar-refractivity contribution is -0.150. The van der Waals surface area contributed by atoms with Crippen LogP contribution in [0, 0.1) is 0 Å². The monoisotopic (exact) mass is 1140 g/mol. The van der Waals surface area contributed by atoms with Gasteiger partial charge in [-0.1, -0.05) is 48.5 Å². The van der Waals surface area contributed by atoms with Crippen molar-refractivity contribution in [3.8, 4) is 67.5 Å². The first-order chi connectivity index (χ1) is 40.3. The van der Waals surface area contributed by atoms with E-state index in [1.165, 1.54) is 0 Å². The molecule has 4 aromatic carbocycles. The molecule has 5 heterocycles. The number of aromatic amines is 2. The van der Waals surface area contributed by atoms with Gasteiger partial charge in [0.2, 0.25) is 0 Å². The molecule has 0 saturated carbocycles. The fraction of sp³-hybridized carbons (Fsp3) is 0.258. The fourth-order valence-electron chi connectivity index (χ4n) is 9.59. The number of carboxylic acid groups (broad SMARTS) is 1. The minimum atomic E-state index is -1.11. The molecule has 0 unspecified atom stereocenters. The summed E-state index contributed by atoms with van der Waals surface area (Å²) in [5.41, 5.74) is 9.20. The Morgan fingerprint density at radius 1 is 0.405 bits per heavy atom. The Kier molecular flexibility index (Phi) is 18.4. The normalized spacial score (nSPS) is 11.7. The van der Waals surface area contributed by atoms with Gasteiger partial charge in [0.25, 0.3) is 0 Å². The number of carboxylic acids is 1. The van der Waals surface area contributed by atoms with E-state index in [2.05, 4.69) is 9.97 Å². The summed E-state index contributed by atoms with van der Waals surface area (Å²) in [4.78, 5) is 82.0. The van der Waals surface area contributed by atoms with Gasteiger partial charge < -0.3 is 53.0 Å². The first kappa shape index (κ1) is 58.7. The zero-order chi connectivity index (χ0) is 59.6. The standard InChI is InChI=1S/C66H64N4O14/c1-37(2)81-58(73)33-77-46-17-9-13-41(27-46)62-50-21-22-51(67-50)63(42-14-10-18-47(28-42)78-34-59(74)82-38(3)4)53-25-26-55(69-53)65(44-16-12-20-49(30-44)80-36-61(76)84-40(7)8)66-45(32-57(71)72)31-56(70-66)64(54-24-23-52(62)68-54)43-15-11-19-48(29-43)79-35-60(75)83-39(5)6/h9-31,37-40,67,70H,32-36H2,1-8H3,(H,71,72). The number of benzene rings is 4. The molecule has 0 radical (unpaired) electrons. The van der Waals surface area contributed by atoms with E-state index in [-0.39, 0.29) is 50.8 Å². The van der Waals surface area contributed by atoms with Crippen LogP contribution in [-0.4, -0.2) is 106 Å². The number of hydrogen-bond acceptors (Lipinski definition) is 15. The summed E-state index contributed by atoms with van der Waals surface area (Å²) in [7, 11) is 0. The number of aliphatic carboxylic acids is 1. The van der Waals surface area contributed by atoms with Crippen LogP contribution >= 0.6 is 0 Å². The van der Waals surface area contributed by atoms with E-state index >= 15 is 0 Å². The number of H-pyrrole nitrogens is 2. The van der Waals surface area contributed by atoms with Crippen molar-refractivity contribution < 1.29 is 67.0 Å². The first-order valence-corrected chi connectivity index (χ1v) is 27.5. The number of fused-ring (bicyclic) bond motifs is 8. The SMILES string of the molecule is CC(C)OC(=O)COc1cccc(-c2c3nc(c(-c4cccc(OCC(=O)OC(C)C)c4)c4cc(CC(=O)O)c([nH]4)c(-c4cccc(OCC(=O)OC(C)C)c4)c4nc(c(-c5cccc(OCC(=O)OC(C)C)c5)c5ccc2[nH]5)C=C4)C=C3)c1. The third-order valence-corrected chi connectivity index (χ3v) is 12.7. The summed E-state index contributed by atoms with van der Waals surface area (Å²) >= 11 is 0. The highest BCUT2D eigenvalue weighted by atomic mass is 16.6. The van der Waals surface area contributed by atoms with Crippen LogP contribution in [0.4, 0.5) is 0 Å². The predicted octanol–water partition coefficient (Wildman–Crippen LogP) is 12.3. The molecule has 0 spiro atoms. The highest BCUT2D eigenvalue weighted by Gasteiger charge is 2.23.